The molecule has 1 N–H and O–H groups in total. The lowest BCUT2D eigenvalue weighted by atomic mass is 10.1. The highest BCUT2D eigenvalue weighted by molar-refractivity contribution is 7.13. The summed E-state index contributed by atoms with van der Waals surface area (Å²) in [6, 6.07) is 0. The first kappa shape index (κ1) is 7.06. The van der Waals surface area contributed by atoms with Crippen LogP contribution in [0.15, 0.2) is 6.20 Å². The predicted molar refractivity (Wildman–Crippen MR) is 42.0 cm³/mol. The van der Waals surface area contributed by atoms with E-state index in [2.05, 4.69) is 4.98 Å². The van der Waals surface area contributed by atoms with E-state index in [0.717, 1.165) is 24.6 Å². The molecule has 0 spiro atoms. The molecule has 1 aromatic heterocycles. The predicted octanol–water partition coefficient (Wildman–Crippen LogP) is 1.35. The fraction of sp³-hybridized carbons (Fsp3) is 0.571. The molecular formula is C7H9NO2S. The number of hydrogen-bond donors (Lipinski definition) is 1. The van der Waals surface area contributed by atoms with Crippen LogP contribution in [-0.2, 0) is 4.74 Å². The van der Waals surface area contributed by atoms with Crippen LogP contribution < -0.4 is 0 Å². The highest BCUT2D eigenvalue weighted by Gasteiger charge is 2.20. The highest BCUT2D eigenvalue weighted by atomic mass is 32.1. The van der Waals surface area contributed by atoms with Gasteiger partial charge in [0.25, 0.3) is 0 Å². The summed E-state index contributed by atoms with van der Waals surface area (Å²) in [7, 11) is 0. The van der Waals surface area contributed by atoms with Gasteiger partial charge in [-0.05, 0) is 6.42 Å². The molecule has 11 heavy (non-hydrogen) atoms. The number of nitrogens with zero attached hydrogens (tertiary/aromatic N) is 1. The number of ether oxygens (including phenoxy) is 1. The minimum atomic E-state index is 0.298. The molecule has 0 aromatic carbocycles. The minimum Gasteiger partial charge on any atom is -0.498 e. The van der Waals surface area contributed by atoms with Crippen molar-refractivity contribution in [2.45, 2.75) is 12.3 Å². The second-order valence-corrected chi connectivity index (χ2v) is 3.64. The number of rotatable bonds is 1. The third-order valence-electron chi connectivity index (χ3n) is 1.79. The Kier molecular flexibility index (Phi) is 1.79. The van der Waals surface area contributed by atoms with E-state index in [-0.39, 0.29) is 0 Å². The molecule has 1 aliphatic heterocycles. The summed E-state index contributed by atoms with van der Waals surface area (Å²) in [6.07, 6.45) is 2.53. The van der Waals surface area contributed by atoms with Crippen molar-refractivity contribution in [3.05, 3.63) is 11.2 Å². The van der Waals surface area contributed by atoms with Crippen molar-refractivity contribution >= 4 is 11.3 Å². The molecule has 1 atom stereocenters. The summed E-state index contributed by atoms with van der Waals surface area (Å²) in [4.78, 5) is 4.09. The van der Waals surface area contributed by atoms with Crippen molar-refractivity contribution in [3.8, 4) is 5.06 Å². The zero-order chi connectivity index (χ0) is 7.68. The van der Waals surface area contributed by atoms with Gasteiger partial charge in [0, 0.05) is 12.5 Å². The zero-order valence-electron chi connectivity index (χ0n) is 5.99. The van der Waals surface area contributed by atoms with Crippen LogP contribution in [0.5, 0.6) is 5.06 Å². The molecule has 0 saturated carbocycles. The van der Waals surface area contributed by atoms with Gasteiger partial charge >= 0.3 is 0 Å². The molecule has 0 radical (unpaired) electrons. The van der Waals surface area contributed by atoms with E-state index >= 15 is 0 Å². The maximum atomic E-state index is 9.03. The van der Waals surface area contributed by atoms with E-state index < -0.39 is 0 Å². The van der Waals surface area contributed by atoms with Gasteiger partial charge in [0.15, 0.2) is 5.06 Å². The molecule has 1 saturated heterocycles. The summed E-state index contributed by atoms with van der Waals surface area (Å²) in [5.41, 5.74) is 0. The Balaban J connectivity index is 2.15. The molecule has 0 aliphatic carbocycles. The van der Waals surface area contributed by atoms with Gasteiger partial charge in [-0.3, -0.25) is 0 Å². The topological polar surface area (TPSA) is 42.4 Å². The number of aromatic nitrogens is 1. The molecular weight excluding hydrogens is 162 g/mol. The van der Waals surface area contributed by atoms with Crippen LogP contribution in [0.2, 0.25) is 0 Å². The highest BCUT2D eigenvalue weighted by Crippen LogP contribution is 2.31. The van der Waals surface area contributed by atoms with Crippen molar-refractivity contribution in [2.75, 3.05) is 13.2 Å². The summed E-state index contributed by atoms with van der Waals surface area (Å²) in [5, 5.41) is 10.3. The molecule has 1 aliphatic rings. The first-order valence-corrected chi connectivity index (χ1v) is 4.40. The van der Waals surface area contributed by atoms with Crippen LogP contribution in [-0.4, -0.2) is 23.3 Å². The minimum absolute atomic E-state index is 0.298. The second-order valence-electron chi connectivity index (χ2n) is 2.60. The van der Waals surface area contributed by atoms with Gasteiger partial charge in [0.2, 0.25) is 0 Å². The van der Waals surface area contributed by atoms with E-state index in [1.165, 1.54) is 17.5 Å². The quantitative estimate of drug-likeness (QED) is 0.693. The van der Waals surface area contributed by atoms with Crippen LogP contribution in [0.1, 0.15) is 17.3 Å². The molecule has 2 rings (SSSR count). The average molecular weight is 171 g/mol. The summed E-state index contributed by atoms with van der Waals surface area (Å²) >= 11 is 1.35. The smallest absolute Gasteiger partial charge is 0.191 e. The molecule has 60 valence electrons. The lowest BCUT2D eigenvalue weighted by molar-refractivity contribution is 0.194. The van der Waals surface area contributed by atoms with Crippen LogP contribution in [0.3, 0.4) is 0 Å². The van der Waals surface area contributed by atoms with Crippen LogP contribution in [0.25, 0.3) is 0 Å². The average Bonchev–Trinajstić information content (AvgIpc) is 2.55. The maximum absolute atomic E-state index is 9.03. The molecule has 2 heterocycles. The van der Waals surface area contributed by atoms with Crippen molar-refractivity contribution < 1.29 is 9.84 Å². The molecule has 1 aromatic rings. The Hall–Kier alpha value is -0.610. The van der Waals surface area contributed by atoms with Gasteiger partial charge in [-0.2, -0.15) is 0 Å². The van der Waals surface area contributed by atoms with Gasteiger partial charge in [0.1, 0.15) is 5.01 Å². The normalized spacial score (nSPS) is 24.2. The SMILES string of the molecule is Oc1cnc(C2CCOC2)s1. The largest absolute Gasteiger partial charge is 0.498 e. The molecule has 0 amide bonds. The van der Waals surface area contributed by atoms with E-state index in [9.17, 15) is 0 Å². The Bertz CT molecular complexity index is 242. The van der Waals surface area contributed by atoms with Gasteiger partial charge < -0.3 is 9.84 Å². The Labute approximate surface area is 68.7 Å². The Morgan fingerprint density at radius 3 is 3.18 bits per heavy atom. The van der Waals surface area contributed by atoms with Gasteiger partial charge in [-0.25, -0.2) is 4.98 Å². The third-order valence-corrected chi connectivity index (χ3v) is 2.75. The van der Waals surface area contributed by atoms with Crippen LogP contribution >= 0.6 is 11.3 Å². The van der Waals surface area contributed by atoms with E-state index in [1.807, 2.05) is 0 Å². The van der Waals surface area contributed by atoms with Crippen LogP contribution in [0, 0.1) is 0 Å². The lowest BCUT2D eigenvalue weighted by Crippen LogP contribution is -1.95. The van der Waals surface area contributed by atoms with Gasteiger partial charge in [-0.15, -0.1) is 0 Å². The fourth-order valence-electron chi connectivity index (χ4n) is 1.20. The monoisotopic (exact) mass is 171 g/mol. The van der Waals surface area contributed by atoms with Crippen molar-refractivity contribution in [2.24, 2.45) is 0 Å². The Morgan fingerprint density at radius 1 is 1.73 bits per heavy atom. The zero-order valence-corrected chi connectivity index (χ0v) is 6.80. The number of hydrogen-bond acceptors (Lipinski definition) is 4. The summed E-state index contributed by atoms with van der Waals surface area (Å²) in [6.45, 7) is 1.58. The van der Waals surface area contributed by atoms with Crippen molar-refractivity contribution in [3.63, 3.8) is 0 Å². The van der Waals surface area contributed by atoms with Crippen molar-refractivity contribution in [1.82, 2.24) is 4.98 Å². The maximum Gasteiger partial charge on any atom is 0.191 e. The van der Waals surface area contributed by atoms with E-state index in [4.69, 9.17) is 9.84 Å². The van der Waals surface area contributed by atoms with E-state index in [1.54, 1.807) is 0 Å². The van der Waals surface area contributed by atoms with Crippen LogP contribution in [0.4, 0.5) is 0 Å². The third kappa shape index (κ3) is 1.36. The Morgan fingerprint density at radius 2 is 2.64 bits per heavy atom. The number of aromatic hydroxyl groups is 1. The summed E-state index contributed by atoms with van der Waals surface area (Å²) in [5.74, 6) is 0.417. The number of thiazole rings is 1. The molecule has 1 fully saturated rings. The molecule has 3 nitrogen and oxygen atoms in total. The molecule has 4 heteroatoms. The standard InChI is InChI=1S/C7H9NO2S/c9-6-3-8-7(11-6)5-1-2-10-4-5/h3,5,9H,1-2,4H2. The fourth-order valence-corrected chi connectivity index (χ4v) is 1.97. The molecule has 0 bridgehead atoms. The first-order valence-electron chi connectivity index (χ1n) is 3.58. The molecule has 1 unspecified atom stereocenters. The first-order chi connectivity index (χ1) is 5.36. The van der Waals surface area contributed by atoms with Crippen molar-refractivity contribution in [1.29, 1.82) is 0 Å². The lowest BCUT2D eigenvalue weighted by Gasteiger charge is -1.99. The van der Waals surface area contributed by atoms with Gasteiger partial charge in [0.05, 0.1) is 12.8 Å². The van der Waals surface area contributed by atoms with Gasteiger partial charge in [-0.1, -0.05) is 11.3 Å². The second kappa shape index (κ2) is 2.79. The van der Waals surface area contributed by atoms with E-state index in [0.29, 0.717) is 11.0 Å². The summed E-state index contributed by atoms with van der Waals surface area (Å²) < 4.78 is 5.21.